The van der Waals surface area contributed by atoms with E-state index < -0.39 is 0 Å². The van der Waals surface area contributed by atoms with Crippen molar-refractivity contribution >= 4 is 6.41 Å². The number of nitrogens with zero attached hydrogens (tertiary/aromatic N) is 1. The van der Waals surface area contributed by atoms with E-state index >= 15 is 0 Å². The monoisotopic (exact) mass is 156 g/mol. The van der Waals surface area contributed by atoms with Gasteiger partial charge < -0.3 is 10.6 Å². The molecule has 11 heavy (non-hydrogen) atoms. The standard InChI is InChI=1S/C8H16N2O/c9-6-10(7-11)8-4-2-1-3-5-8/h7-8H,1-6,9H2. The van der Waals surface area contributed by atoms with Crippen LogP contribution in [-0.2, 0) is 4.79 Å². The van der Waals surface area contributed by atoms with Crippen LogP contribution in [0.1, 0.15) is 32.1 Å². The fourth-order valence-electron chi connectivity index (χ4n) is 1.69. The predicted molar refractivity (Wildman–Crippen MR) is 43.8 cm³/mol. The summed E-state index contributed by atoms with van der Waals surface area (Å²) in [7, 11) is 0. The molecule has 0 aromatic heterocycles. The topological polar surface area (TPSA) is 46.3 Å². The van der Waals surface area contributed by atoms with Gasteiger partial charge in [-0.2, -0.15) is 0 Å². The number of hydrogen-bond acceptors (Lipinski definition) is 2. The average molecular weight is 156 g/mol. The molecule has 0 bridgehead atoms. The van der Waals surface area contributed by atoms with Crippen molar-refractivity contribution in [2.24, 2.45) is 5.73 Å². The third-order valence-electron chi connectivity index (χ3n) is 2.39. The number of amides is 1. The van der Waals surface area contributed by atoms with Gasteiger partial charge >= 0.3 is 0 Å². The van der Waals surface area contributed by atoms with Gasteiger partial charge in [-0.15, -0.1) is 0 Å². The summed E-state index contributed by atoms with van der Waals surface area (Å²) in [6.07, 6.45) is 6.94. The van der Waals surface area contributed by atoms with Gasteiger partial charge in [0, 0.05) is 6.04 Å². The Balaban J connectivity index is 2.35. The molecule has 1 aliphatic carbocycles. The average Bonchev–Trinajstić information content (AvgIpc) is 2.09. The maximum absolute atomic E-state index is 10.5. The first-order valence-electron chi connectivity index (χ1n) is 4.29. The summed E-state index contributed by atoms with van der Waals surface area (Å²) >= 11 is 0. The minimum Gasteiger partial charge on any atom is -0.330 e. The van der Waals surface area contributed by atoms with E-state index in [1.54, 1.807) is 4.90 Å². The molecule has 0 heterocycles. The largest absolute Gasteiger partial charge is 0.330 e. The van der Waals surface area contributed by atoms with E-state index in [0.717, 1.165) is 19.3 Å². The highest BCUT2D eigenvalue weighted by Gasteiger charge is 2.17. The lowest BCUT2D eigenvalue weighted by Gasteiger charge is -2.29. The van der Waals surface area contributed by atoms with Gasteiger partial charge in [0.2, 0.25) is 6.41 Å². The molecule has 2 N–H and O–H groups in total. The zero-order valence-electron chi connectivity index (χ0n) is 6.83. The van der Waals surface area contributed by atoms with Crippen LogP contribution in [0.2, 0.25) is 0 Å². The molecule has 0 spiro atoms. The molecule has 0 unspecified atom stereocenters. The van der Waals surface area contributed by atoms with Crippen molar-refractivity contribution in [2.45, 2.75) is 38.1 Å². The van der Waals surface area contributed by atoms with Crippen LogP contribution in [0.4, 0.5) is 0 Å². The molecule has 1 fully saturated rings. The Morgan fingerprint density at radius 2 is 2.00 bits per heavy atom. The van der Waals surface area contributed by atoms with Crippen molar-refractivity contribution in [1.82, 2.24) is 4.90 Å². The third-order valence-corrected chi connectivity index (χ3v) is 2.39. The van der Waals surface area contributed by atoms with E-state index in [0.29, 0.717) is 12.7 Å². The molecular weight excluding hydrogens is 140 g/mol. The summed E-state index contributed by atoms with van der Waals surface area (Å²) in [6.45, 7) is 0.369. The van der Waals surface area contributed by atoms with Crippen molar-refractivity contribution in [3.63, 3.8) is 0 Å². The van der Waals surface area contributed by atoms with E-state index in [-0.39, 0.29) is 0 Å². The van der Waals surface area contributed by atoms with E-state index in [4.69, 9.17) is 5.73 Å². The quantitative estimate of drug-likeness (QED) is 0.483. The van der Waals surface area contributed by atoms with Crippen molar-refractivity contribution in [3.8, 4) is 0 Å². The molecule has 1 amide bonds. The Morgan fingerprint density at radius 1 is 1.36 bits per heavy atom. The smallest absolute Gasteiger partial charge is 0.210 e. The summed E-state index contributed by atoms with van der Waals surface area (Å²) < 4.78 is 0. The van der Waals surface area contributed by atoms with E-state index in [1.807, 2.05) is 0 Å². The van der Waals surface area contributed by atoms with Crippen LogP contribution in [0.3, 0.4) is 0 Å². The highest BCUT2D eigenvalue weighted by molar-refractivity contribution is 5.47. The predicted octanol–water partition coefficient (Wildman–Crippen LogP) is 0.694. The van der Waals surface area contributed by atoms with Gasteiger partial charge in [-0.3, -0.25) is 4.79 Å². The molecule has 64 valence electrons. The second-order valence-electron chi connectivity index (χ2n) is 3.09. The van der Waals surface area contributed by atoms with E-state index in [1.165, 1.54) is 19.3 Å². The lowest BCUT2D eigenvalue weighted by molar-refractivity contribution is -0.120. The molecule has 0 saturated heterocycles. The van der Waals surface area contributed by atoms with Crippen molar-refractivity contribution in [1.29, 1.82) is 0 Å². The number of nitrogens with two attached hydrogens (primary N) is 1. The Kier molecular flexibility index (Phi) is 3.36. The van der Waals surface area contributed by atoms with Gasteiger partial charge in [0.05, 0.1) is 6.67 Å². The number of carbonyl (C=O) groups excluding carboxylic acids is 1. The maximum atomic E-state index is 10.5. The van der Waals surface area contributed by atoms with Crippen LogP contribution in [-0.4, -0.2) is 24.0 Å². The zero-order valence-corrected chi connectivity index (χ0v) is 6.83. The third kappa shape index (κ3) is 2.19. The molecule has 3 nitrogen and oxygen atoms in total. The van der Waals surface area contributed by atoms with E-state index in [2.05, 4.69) is 0 Å². The molecule has 1 saturated carbocycles. The molecule has 0 aliphatic heterocycles. The first-order valence-corrected chi connectivity index (χ1v) is 4.29. The SMILES string of the molecule is NCN(C=O)C1CCCCC1. The van der Waals surface area contributed by atoms with Crippen LogP contribution < -0.4 is 5.73 Å². The minimum absolute atomic E-state index is 0.369. The zero-order chi connectivity index (χ0) is 8.10. The first kappa shape index (κ1) is 8.53. The number of hydrogen-bond donors (Lipinski definition) is 1. The van der Waals surface area contributed by atoms with E-state index in [9.17, 15) is 4.79 Å². The fraction of sp³-hybridized carbons (Fsp3) is 0.875. The molecular formula is C8H16N2O. The highest BCUT2D eigenvalue weighted by atomic mass is 16.1. The summed E-state index contributed by atoms with van der Waals surface area (Å²) in [5.41, 5.74) is 5.41. The van der Waals surface area contributed by atoms with Crippen LogP contribution in [0.25, 0.3) is 0 Å². The fourth-order valence-corrected chi connectivity index (χ4v) is 1.69. The molecule has 0 aromatic carbocycles. The number of carbonyl (C=O) groups is 1. The Labute approximate surface area is 67.5 Å². The second-order valence-corrected chi connectivity index (χ2v) is 3.09. The normalized spacial score (nSPS) is 19.7. The van der Waals surface area contributed by atoms with Crippen LogP contribution in [0.15, 0.2) is 0 Å². The van der Waals surface area contributed by atoms with Gasteiger partial charge in [0.1, 0.15) is 0 Å². The Morgan fingerprint density at radius 3 is 2.45 bits per heavy atom. The minimum atomic E-state index is 0.369. The van der Waals surface area contributed by atoms with Crippen LogP contribution in [0, 0.1) is 0 Å². The summed E-state index contributed by atoms with van der Waals surface area (Å²) in [6, 6.07) is 0.422. The van der Waals surface area contributed by atoms with Crippen molar-refractivity contribution in [2.75, 3.05) is 6.67 Å². The Bertz CT molecular complexity index is 121. The van der Waals surface area contributed by atoms with Crippen molar-refractivity contribution < 1.29 is 4.79 Å². The molecule has 1 rings (SSSR count). The molecule has 3 heteroatoms. The lowest BCUT2D eigenvalue weighted by atomic mass is 9.95. The molecule has 0 aromatic rings. The summed E-state index contributed by atoms with van der Waals surface area (Å²) in [5.74, 6) is 0. The van der Waals surface area contributed by atoms with Crippen molar-refractivity contribution in [3.05, 3.63) is 0 Å². The molecule has 0 atom stereocenters. The van der Waals surface area contributed by atoms with Gasteiger partial charge in [-0.25, -0.2) is 0 Å². The molecule has 1 aliphatic rings. The van der Waals surface area contributed by atoms with Gasteiger partial charge in [-0.05, 0) is 12.8 Å². The van der Waals surface area contributed by atoms with Gasteiger partial charge in [0.15, 0.2) is 0 Å². The second kappa shape index (κ2) is 4.34. The number of rotatable bonds is 3. The lowest BCUT2D eigenvalue weighted by Crippen LogP contribution is -2.39. The van der Waals surface area contributed by atoms with Crippen LogP contribution in [0.5, 0.6) is 0 Å². The summed E-state index contributed by atoms with van der Waals surface area (Å²) in [5, 5.41) is 0. The maximum Gasteiger partial charge on any atom is 0.210 e. The van der Waals surface area contributed by atoms with Gasteiger partial charge in [0.25, 0.3) is 0 Å². The first-order chi connectivity index (χ1) is 5.38. The van der Waals surface area contributed by atoms with Crippen LogP contribution >= 0.6 is 0 Å². The Hall–Kier alpha value is -0.570. The summed E-state index contributed by atoms with van der Waals surface area (Å²) in [4.78, 5) is 12.2. The van der Waals surface area contributed by atoms with Gasteiger partial charge in [-0.1, -0.05) is 19.3 Å². The molecule has 0 radical (unpaired) electrons. The highest BCUT2D eigenvalue weighted by Crippen LogP contribution is 2.20.